The van der Waals surface area contributed by atoms with Crippen LogP contribution in [0.25, 0.3) is 0 Å². The first kappa shape index (κ1) is 9.71. The Kier molecular flexibility index (Phi) is 2.19. The van der Waals surface area contributed by atoms with Crippen molar-refractivity contribution < 1.29 is 15.0 Å². The van der Waals surface area contributed by atoms with Gasteiger partial charge in [-0.15, -0.1) is 0 Å². The molecule has 1 rings (SSSR count). The van der Waals surface area contributed by atoms with Crippen molar-refractivity contribution in [3.05, 3.63) is 32.4 Å². The van der Waals surface area contributed by atoms with E-state index in [1.54, 1.807) is 0 Å². The van der Waals surface area contributed by atoms with Crippen LogP contribution in [0, 0.1) is 20.2 Å². The van der Waals surface area contributed by atoms with Crippen molar-refractivity contribution in [3.8, 4) is 5.75 Å². The topological polar surface area (TPSA) is 133 Å². The lowest BCUT2D eigenvalue weighted by Gasteiger charge is -1.98. The van der Waals surface area contributed by atoms with Crippen LogP contribution in [0.3, 0.4) is 0 Å². The Balaban J connectivity index is 3.38. The fourth-order valence-corrected chi connectivity index (χ4v) is 0.886. The van der Waals surface area contributed by atoms with Gasteiger partial charge in [-0.2, -0.15) is 0 Å². The molecule has 3 N–H and O–H groups in total. The van der Waals surface area contributed by atoms with Gasteiger partial charge in [-0.3, -0.25) is 20.2 Å². The Morgan fingerprint density at radius 1 is 1.14 bits per heavy atom. The summed E-state index contributed by atoms with van der Waals surface area (Å²) in [6.45, 7) is 0. The predicted octanol–water partition coefficient (Wildman–Crippen LogP) is 0.791. The molecule has 0 aliphatic heterocycles. The third-order valence-corrected chi connectivity index (χ3v) is 1.52. The molecular weight excluding hydrogens is 194 g/mol. The number of phenolic OH excluding ortho intramolecular Hbond substituents is 1. The molecule has 0 unspecified atom stereocenters. The molecule has 0 aliphatic carbocycles. The van der Waals surface area contributed by atoms with E-state index in [-0.39, 0.29) is 5.69 Å². The second-order valence-corrected chi connectivity index (χ2v) is 2.41. The minimum absolute atomic E-state index is 0.362. The lowest BCUT2D eigenvalue weighted by Crippen LogP contribution is -1.97. The number of nitrogens with two attached hydrogens (primary N) is 1. The lowest BCUT2D eigenvalue weighted by atomic mass is 10.2. The van der Waals surface area contributed by atoms with Crippen LogP contribution >= 0.6 is 0 Å². The molecule has 0 atom stereocenters. The Morgan fingerprint density at radius 2 is 1.64 bits per heavy atom. The number of anilines is 1. The van der Waals surface area contributed by atoms with Gasteiger partial charge in [-0.05, 0) is 0 Å². The van der Waals surface area contributed by atoms with E-state index in [9.17, 15) is 20.2 Å². The van der Waals surface area contributed by atoms with Gasteiger partial charge in [0.2, 0.25) is 5.75 Å². The highest BCUT2D eigenvalue weighted by Crippen LogP contribution is 2.34. The number of hydrogen-bond donors (Lipinski definition) is 2. The highest BCUT2D eigenvalue weighted by molar-refractivity contribution is 5.67. The van der Waals surface area contributed by atoms with Crippen molar-refractivity contribution >= 4 is 17.1 Å². The number of nitrogens with zero attached hydrogens (tertiary/aromatic N) is 2. The number of nitrogen functional groups attached to an aromatic ring is 1. The van der Waals surface area contributed by atoms with E-state index in [0.717, 1.165) is 6.07 Å². The smallest absolute Gasteiger partial charge is 0.313 e. The summed E-state index contributed by atoms with van der Waals surface area (Å²) in [6.07, 6.45) is 0. The quantitative estimate of drug-likeness (QED) is 0.313. The Bertz CT molecular complexity index is 376. The van der Waals surface area contributed by atoms with Crippen molar-refractivity contribution in [1.82, 2.24) is 0 Å². The van der Waals surface area contributed by atoms with Gasteiger partial charge in [0.05, 0.1) is 15.9 Å². The van der Waals surface area contributed by atoms with E-state index in [1.807, 2.05) is 0 Å². The van der Waals surface area contributed by atoms with Crippen LogP contribution in [0.15, 0.2) is 12.1 Å². The predicted molar refractivity (Wildman–Crippen MR) is 45.8 cm³/mol. The van der Waals surface area contributed by atoms with Crippen LogP contribution in [0.2, 0.25) is 0 Å². The summed E-state index contributed by atoms with van der Waals surface area (Å²) in [5, 5.41) is 29.6. The Labute approximate surface area is 76.9 Å². The highest BCUT2D eigenvalue weighted by atomic mass is 16.6. The largest absolute Gasteiger partial charge is 0.502 e. The van der Waals surface area contributed by atoms with Gasteiger partial charge in [0.25, 0.3) is 5.69 Å². The number of hydrogen-bond acceptors (Lipinski definition) is 6. The minimum atomic E-state index is -0.880. The number of nitro benzene ring substituents is 2. The molecule has 0 spiro atoms. The number of benzene rings is 1. The van der Waals surface area contributed by atoms with Gasteiger partial charge in [-0.1, -0.05) is 0 Å². The van der Waals surface area contributed by atoms with Crippen molar-refractivity contribution in [2.45, 2.75) is 0 Å². The normalized spacial score (nSPS) is 9.71. The summed E-state index contributed by atoms with van der Waals surface area (Å²) in [6, 6.07) is 1.39. The highest BCUT2D eigenvalue weighted by Gasteiger charge is 2.21. The number of rotatable bonds is 2. The molecule has 74 valence electrons. The van der Waals surface area contributed by atoms with Crippen LogP contribution in [0.1, 0.15) is 0 Å². The molecule has 0 saturated heterocycles. The molecular formula is C6H5N3O5. The summed E-state index contributed by atoms with van der Waals surface area (Å²) < 4.78 is 0. The van der Waals surface area contributed by atoms with Crippen molar-refractivity contribution in [2.24, 2.45) is 0 Å². The first-order valence-electron chi connectivity index (χ1n) is 3.34. The molecule has 1 aromatic rings. The molecule has 0 aliphatic rings. The Morgan fingerprint density at radius 3 is 2.07 bits per heavy atom. The maximum Gasteiger partial charge on any atom is 0.313 e. The van der Waals surface area contributed by atoms with Crippen LogP contribution in [-0.4, -0.2) is 15.0 Å². The molecule has 0 saturated carbocycles. The third-order valence-electron chi connectivity index (χ3n) is 1.52. The molecule has 0 bridgehead atoms. The van der Waals surface area contributed by atoms with Gasteiger partial charge in [0.1, 0.15) is 5.69 Å². The number of phenols is 1. The SMILES string of the molecule is Nc1cc([N+](=O)[O-])c(O)cc1[N+](=O)[O-]. The molecule has 8 heteroatoms. The maximum atomic E-state index is 10.3. The fraction of sp³-hybridized carbons (Fsp3) is 0. The summed E-state index contributed by atoms with van der Waals surface area (Å²) >= 11 is 0. The summed E-state index contributed by atoms with van der Waals surface area (Å²) in [5.74, 6) is -0.782. The zero-order chi connectivity index (χ0) is 10.9. The summed E-state index contributed by atoms with van der Waals surface area (Å²) in [7, 11) is 0. The van der Waals surface area contributed by atoms with E-state index >= 15 is 0 Å². The molecule has 0 heterocycles. The average Bonchev–Trinajstić information content (AvgIpc) is 2.07. The minimum Gasteiger partial charge on any atom is -0.502 e. The zero-order valence-electron chi connectivity index (χ0n) is 6.71. The van der Waals surface area contributed by atoms with Crippen molar-refractivity contribution in [1.29, 1.82) is 0 Å². The third kappa shape index (κ3) is 1.53. The summed E-state index contributed by atoms with van der Waals surface area (Å²) in [5.41, 5.74) is 3.59. The number of nitro groups is 2. The Hall–Kier alpha value is -2.38. The van der Waals surface area contributed by atoms with E-state index in [1.165, 1.54) is 0 Å². The van der Waals surface area contributed by atoms with Gasteiger partial charge in [-0.25, -0.2) is 0 Å². The monoisotopic (exact) mass is 199 g/mol. The molecule has 8 nitrogen and oxygen atoms in total. The van der Waals surface area contributed by atoms with E-state index in [0.29, 0.717) is 6.07 Å². The molecule has 0 aromatic heterocycles. The molecule has 14 heavy (non-hydrogen) atoms. The molecule has 0 fully saturated rings. The maximum absolute atomic E-state index is 10.3. The summed E-state index contributed by atoms with van der Waals surface area (Å²) in [4.78, 5) is 18.9. The lowest BCUT2D eigenvalue weighted by molar-refractivity contribution is -0.389. The van der Waals surface area contributed by atoms with Gasteiger partial charge >= 0.3 is 5.69 Å². The number of aromatic hydroxyl groups is 1. The van der Waals surface area contributed by atoms with E-state index < -0.39 is 27.0 Å². The molecule has 0 amide bonds. The zero-order valence-corrected chi connectivity index (χ0v) is 6.71. The average molecular weight is 199 g/mol. The first-order chi connectivity index (χ1) is 6.43. The van der Waals surface area contributed by atoms with Crippen LogP contribution in [0.4, 0.5) is 17.1 Å². The van der Waals surface area contributed by atoms with Crippen LogP contribution in [0.5, 0.6) is 5.75 Å². The molecule has 0 radical (unpaired) electrons. The second-order valence-electron chi connectivity index (χ2n) is 2.41. The first-order valence-corrected chi connectivity index (χ1v) is 3.34. The van der Waals surface area contributed by atoms with Gasteiger partial charge in [0, 0.05) is 6.07 Å². The second kappa shape index (κ2) is 3.17. The van der Waals surface area contributed by atoms with Gasteiger partial charge in [0.15, 0.2) is 0 Å². The van der Waals surface area contributed by atoms with Crippen molar-refractivity contribution in [3.63, 3.8) is 0 Å². The van der Waals surface area contributed by atoms with Gasteiger partial charge < -0.3 is 10.8 Å². The van der Waals surface area contributed by atoms with Crippen molar-refractivity contribution in [2.75, 3.05) is 5.73 Å². The van der Waals surface area contributed by atoms with Crippen LogP contribution in [-0.2, 0) is 0 Å². The van der Waals surface area contributed by atoms with E-state index in [4.69, 9.17) is 10.8 Å². The van der Waals surface area contributed by atoms with Crippen LogP contribution < -0.4 is 5.73 Å². The molecule has 1 aromatic carbocycles. The standard InChI is InChI=1S/C6H5N3O5/c7-3-1-5(9(13)14)6(10)2-4(3)8(11)12/h1-2,10H,7H2. The fourth-order valence-electron chi connectivity index (χ4n) is 0.886. The van der Waals surface area contributed by atoms with E-state index in [2.05, 4.69) is 0 Å².